The van der Waals surface area contributed by atoms with E-state index in [0.717, 1.165) is 10.6 Å². The first kappa shape index (κ1) is 22.2. The summed E-state index contributed by atoms with van der Waals surface area (Å²) >= 11 is 4.78. The largest absolute Gasteiger partial charge is 0.493 e. The summed E-state index contributed by atoms with van der Waals surface area (Å²) in [6, 6.07) is 9.50. The minimum absolute atomic E-state index is 0.0253. The highest BCUT2D eigenvalue weighted by atomic mass is 79.9. The van der Waals surface area contributed by atoms with Gasteiger partial charge in [-0.15, -0.1) is 0 Å². The second-order valence-electron chi connectivity index (χ2n) is 6.82. The summed E-state index contributed by atoms with van der Waals surface area (Å²) in [7, 11) is 1.51. The van der Waals surface area contributed by atoms with Crippen molar-refractivity contribution in [1.82, 2.24) is 5.01 Å². The Morgan fingerprint density at radius 3 is 2.72 bits per heavy atom. The standard InChI is InChI=1S/C22H18BrFN4O3S/c1-3-18-27-28-20(25)15(21(29)26-22(28)32-18)8-13-9-16(23)19(17(10-13)30-2)31-11-12-4-6-14(24)7-5-12/h4-10,25H,3,11H2,1-2H3/b15-8-,25-20?. The fourth-order valence-electron chi connectivity index (χ4n) is 3.04. The molecule has 2 aliphatic rings. The Bertz CT molecular complexity index is 1190. The normalized spacial score (nSPS) is 16.8. The summed E-state index contributed by atoms with van der Waals surface area (Å²) in [5.41, 5.74) is 1.56. The van der Waals surface area contributed by atoms with Crippen molar-refractivity contribution < 1.29 is 18.7 Å². The molecule has 1 amide bonds. The van der Waals surface area contributed by atoms with Crippen molar-refractivity contribution in [2.75, 3.05) is 7.11 Å². The summed E-state index contributed by atoms with van der Waals surface area (Å²) in [6.45, 7) is 2.18. The predicted molar refractivity (Wildman–Crippen MR) is 127 cm³/mol. The van der Waals surface area contributed by atoms with Crippen molar-refractivity contribution in [1.29, 1.82) is 5.41 Å². The summed E-state index contributed by atoms with van der Waals surface area (Å²) in [6.07, 6.45) is 2.27. The zero-order chi connectivity index (χ0) is 22.8. The van der Waals surface area contributed by atoms with Crippen LogP contribution in [0, 0.1) is 11.2 Å². The average molecular weight is 517 g/mol. The lowest BCUT2D eigenvalue weighted by Gasteiger charge is -2.20. The first-order valence-electron chi connectivity index (χ1n) is 9.63. The minimum atomic E-state index is -0.493. The van der Waals surface area contributed by atoms with Gasteiger partial charge in [0, 0.05) is 0 Å². The number of hydrogen-bond donors (Lipinski definition) is 1. The summed E-state index contributed by atoms with van der Waals surface area (Å²) in [5, 5.41) is 15.4. The van der Waals surface area contributed by atoms with Crippen LogP contribution in [0.1, 0.15) is 24.5 Å². The number of thioether (sulfide) groups is 1. The summed E-state index contributed by atoms with van der Waals surface area (Å²) < 4.78 is 25.1. The molecule has 0 aliphatic carbocycles. The third-order valence-electron chi connectivity index (χ3n) is 4.66. The molecule has 2 aromatic rings. The van der Waals surface area contributed by atoms with E-state index >= 15 is 0 Å². The number of carbonyl (C=O) groups is 1. The SMILES string of the molecule is CCC1=NN2C(=N)/C(=C/c3cc(Br)c(OCc4ccc(F)cc4)c(OC)c3)C(=O)N=C2S1. The highest BCUT2D eigenvalue weighted by Gasteiger charge is 2.35. The Morgan fingerprint density at radius 2 is 2.03 bits per heavy atom. The van der Waals surface area contributed by atoms with Gasteiger partial charge in [0.25, 0.3) is 5.91 Å². The average Bonchev–Trinajstić information content (AvgIpc) is 3.20. The van der Waals surface area contributed by atoms with Gasteiger partial charge in [-0.25, -0.2) is 4.39 Å². The van der Waals surface area contributed by atoms with Gasteiger partial charge in [0.1, 0.15) is 17.5 Å². The molecule has 0 bridgehead atoms. The van der Waals surface area contributed by atoms with Crippen LogP contribution in [0.5, 0.6) is 11.5 Å². The molecule has 0 saturated carbocycles. The Balaban J connectivity index is 1.61. The fourth-order valence-corrected chi connectivity index (χ4v) is 4.44. The van der Waals surface area contributed by atoms with Gasteiger partial charge >= 0.3 is 0 Å². The Morgan fingerprint density at radius 1 is 1.28 bits per heavy atom. The molecule has 7 nitrogen and oxygen atoms in total. The Kier molecular flexibility index (Phi) is 6.43. The van der Waals surface area contributed by atoms with Crippen molar-refractivity contribution in [3.05, 3.63) is 63.4 Å². The van der Waals surface area contributed by atoms with Crippen LogP contribution in [-0.2, 0) is 11.4 Å². The van der Waals surface area contributed by atoms with Crippen LogP contribution in [0.3, 0.4) is 0 Å². The second-order valence-corrected chi connectivity index (χ2v) is 8.71. The molecule has 2 aromatic carbocycles. The van der Waals surface area contributed by atoms with Crippen molar-refractivity contribution in [3.8, 4) is 11.5 Å². The lowest BCUT2D eigenvalue weighted by Crippen LogP contribution is -2.35. The zero-order valence-electron chi connectivity index (χ0n) is 17.2. The first-order valence-corrected chi connectivity index (χ1v) is 11.2. The van der Waals surface area contributed by atoms with E-state index in [9.17, 15) is 9.18 Å². The van der Waals surface area contributed by atoms with E-state index in [2.05, 4.69) is 26.0 Å². The molecular formula is C22H18BrFN4O3S. The van der Waals surface area contributed by atoms with Gasteiger partial charge in [-0.2, -0.15) is 15.1 Å². The van der Waals surface area contributed by atoms with Gasteiger partial charge in [-0.3, -0.25) is 10.2 Å². The third-order valence-corrected chi connectivity index (χ3v) is 6.30. The summed E-state index contributed by atoms with van der Waals surface area (Å²) in [4.78, 5) is 16.6. The number of carbonyl (C=O) groups excluding carboxylic acids is 1. The molecule has 1 N–H and O–H groups in total. The highest BCUT2D eigenvalue weighted by molar-refractivity contribution is 9.10. The number of rotatable bonds is 6. The quantitative estimate of drug-likeness (QED) is 0.532. The number of aliphatic imine (C=N–C) groups is 1. The lowest BCUT2D eigenvalue weighted by atomic mass is 10.1. The van der Waals surface area contributed by atoms with Gasteiger partial charge in [0.05, 0.1) is 17.2 Å². The second kappa shape index (κ2) is 9.25. The van der Waals surface area contributed by atoms with E-state index in [0.29, 0.717) is 33.1 Å². The van der Waals surface area contributed by atoms with Gasteiger partial charge in [0.2, 0.25) is 5.17 Å². The van der Waals surface area contributed by atoms with Gasteiger partial charge in [-0.05, 0) is 75.6 Å². The van der Waals surface area contributed by atoms with E-state index in [4.69, 9.17) is 14.9 Å². The van der Waals surface area contributed by atoms with Crippen LogP contribution in [0.15, 0.2) is 56.5 Å². The molecule has 0 saturated heterocycles. The molecule has 2 aliphatic heterocycles. The smallest absolute Gasteiger partial charge is 0.283 e. The van der Waals surface area contributed by atoms with Crippen LogP contribution < -0.4 is 9.47 Å². The molecule has 4 rings (SSSR count). The van der Waals surface area contributed by atoms with Crippen molar-refractivity contribution in [3.63, 3.8) is 0 Å². The molecule has 2 heterocycles. The Labute approximate surface area is 196 Å². The lowest BCUT2D eigenvalue weighted by molar-refractivity contribution is -0.114. The molecule has 0 unspecified atom stereocenters. The van der Waals surface area contributed by atoms with E-state index in [1.807, 2.05) is 6.92 Å². The van der Waals surface area contributed by atoms with E-state index in [1.54, 1.807) is 30.3 Å². The van der Waals surface area contributed by atoms with E-state index in [-0.39, 0.29) is 23.8 Å². The van der Waals surface area contributed by atoms with Crippen molar-refractivity contribution in [2.45, 2.75) is 20.0 Å². The molecule has 0 fully saturated rings. The molecule has 0 radical (unpaired) electrons. The number of methoxy groups -OCH3 is 1. The maximum Gasteiger partial charge on any atom is 0.283 e. The molecule has 164 valence electrons. The summed E-state index contributed by atoms with van der Waals surface area (Å²) in [5.74, 6) is 0.0804. The molecule has 0 atom stereocenters. The fraction of sp³-hybridized carbons (Fsp3) is 0.182. The number of ether oxygens (including phenoxy) is 2. The first-order chi connectivity index (χ1) is 15.4. The van der Waals surface area contributed by atoms with Gasteiger partial charge in [-0.1, -0.05) is 19.1 Å². The number of halogens is 2. The van der Waals surface area contributed by atoms with Gasteiger partial charge in [0.15, 0.2) is 17.3 Å². The van der Waals surface area contributed by atoms with Crippen LogP contribution in [0.4, 0.5) is 4.39 Å². The maximum absolute atomic E-state index is 13.1. The molecule has 0 spiro atoms. The number of hydrogen-bond acceptors (Lipinski definition) is 6. The number of hydrazone groups is 1. The van der Waals surface area contributed by atoms with Gasteiger partial charge < -0.3 is 9.47 Å². The number of benzene rings is 2. The van der Waals surface area contributed by atoms with Crippen LogP contribution in [-0.4, -0.2) is 34.1 Å². The minimum Gasteiger partial charge on any atom is -0.493 e. The number of nitrogens with one attached hydrogen (secondary N) is 1. The predicted octanol–water partition coefficient (Wildman–Crippen LogP) is 5.20. The number of fused-ring (bicyclic) bond motifs is 1. The molecule has 0 aromatic heterocycles. The Hall–Kier alpha value is -2.98. The topological polar surface area (TPSA) is 87.3 Å². The molecular weight excluding hydrogens is 499 g/mol. The van der Waals surface area contributed by atoms with Crippen molar-refractivity contribution >= 4 is 55.7 Å². The van der Waals surface area contributed by atoms with Crippen LogP contribution in [0.25, 0.3) is 6.08 Å². The zero-order valence-corrected chi connectivity index (χ0v) is 19.6. The molecule has 10 heteroatoms. The maximum atomic E-state index is 13.1. The number of nitrogens with zero attached hydrogens (tertiary/aromatic N) is 3. The third kappa shape index (κ3) is 4.46. The van der Waals surface area contributed by atoms with E-state index in [1.165, 1.54) is 36.0 Å². The highest BCUT2D eigenvalue weighted by Crippen LogP contribution is 2.38. The monoisotopic (exact) mass is 516 g/mol. The number of amides is 1. The molecule has 32 heavy (non-hydrogen) atoms. The van der Waals surface area contributed by atoms with Crippen LogP contribution in [0.2, 0.25) is 0 Å². The van der Waals surface area contributed by atoms with Crippen molar-refractivity contribution in [2.24, 2.45) is 10.1 Å². The van der Waals surface area contributed by atoms with Crippen LogP contribution >= 0.6 is 27.7 Å². The van der Waals surface area contributed by atoms with E-state index < -0.39 is 5.91 Å². The number of amidine groups is 2.